The lowest BCUT2D eigenvalue weighted by Gasteiger charge is -2.35. The number of hydrogen-bond donors (Lipinski definition) is 0. The lowest BCUT2D eigenvalue weighted by molar-refractivity contribution is -0.00270. The summed E-state index contributed by atoms with van der Waals surface area (Å²) in [5.41, 5.74) is 1.74. The van der Waals surface area contributed by atoms with Gasteiger partial charge in [-0.1, -0.05) is 12.1 Å². The van der Waals surface area contributed by atoms with Gasteiger partial charge in [-0.2, -0.15) is 0 Å². The molecular weight excluding hydrogens is 258 g/mol. The number of morpholine rings is 1. The first-order valence-electron chi connectivity index (χ1n) is 6.75. The Morgan fingerprint density at radius 1 is 1.55 bits per heavy atom. The first kappa shape index (κ1) is 13.0. The van der Waals surface area contributed by atoms with Crippen LogP contribution in [0.2, 0.25) is 0 Å². The number of carbonyl (C=O) groups excluding carboxylic acids is 1. The molecule has 1 aliphatic heterocycles. The highest BCUT2D eigenvalue weighted by molar-refractivity contribution is 6.04. The quantitative estimate of drug-likeness (QED) is 0.803. The van der Waals surface area contributed by atoms with Gasteiger partial charge in [-0.15, -0.1) is 5.10 Å². The zero-order valence-corrected chi connectivity index (χ0v) is 11.6. The van der Waals surface area contributed by atoms with E-state index in [1.807, 2.05) is 4.90 Å². The van der Waals surface area contributed by atoms with Crippen molar-refractivity contribution in [2.24, 2.45) is 7.05 Å². The Morgan fingerprint density at radius 3 is 3.20 bits per heavy atom. The number of amides is 1. The van der Waals surface area contributed by atoms with Crippen molar-refractivity contribution in [1.82, 2.24) is 24.9 Å². The largest absolute Gasteiger partial charge is 0.377 e. The molecule has 1 amide bonds. The van der Waals surface area contributed by atoms with Gasteiger partial charge in [0.05, 0.1) is 24.8 Å². The molecule has 0 bridgehead atoms. The van der Waals surface area contributed by atoms with Gasteiger partial charge >= 0.3 is 0 Å². The molecule has 0 saturated carbocycles. The molecule has 20 heavy (non-hydrogen) atoms. The maximum absolute atomic E-state index is 12.8. The maximum Gasteiger partial charge on any atom is 0.256 e. The number of aryl methyl sites for hydroxylation is 1. The van der Waals surface area contributed by atoms with Crippen molar-refractivity contribution in [2.75, 3.05) is 19.8 Å². The first-order chi connectivity index (χ1) is 9.72. The number of nitrogens with zero attached hydrogens (tertiary/aromatic N) is 5. The molecule has 0 radical (unpaired) electrons. The van der Waals surface area contributed by atoms with Gasteiger partial charge in [-0.25, -0.2) is 9.67 Å². The fourth-order valence-electron chi connectivity index (χ4n) is 2.52. The number of aromatic nitrogens is 4. The van der Waals surface area contributed by atoms with Crippen LogP contribution in [0.1, 0.15) is 23.7 Å². The highest BCUT2D eigenvalue weighted by Gasteiger charge is 2.28. The lowest BCUT2D eigenvalue weighted by atomic mass is 10.1. The molecule has 7 nitrogen and oxygen atoms in total. The molecule has 0 spiro atoms. The molecule has 3 rings (SSSR count). The van der Waals surface area contributed by atoms with Gasteiger partial charge < -0.3 is 9.64 Å². The van der Waals surface area contributed by atoms with Crippen molar-refractivity contribution < 1.29 is 9.53 Å². The second-order valence-electron chi connectivity index (χ2n) is 4.88. The molecule has 0 aromatic carbocycles. The summed E-state index contributed by atoms with van der Waals surface area (Å²) in [6.07, 6.45) is 2.50. The Hall–Kier alpha value is -2.02. The minimum atomic E-state index is -0.0203. The Labute approximate surface area is 116 Å². The van der Waals surface area contributed by atoms with Crippen LogP contribution in [0, 0.1) is 0 Å². The second kappa shape index (κ2) is 5.16. The van der Waals surface area contributed by atoms with Crippen molar-refractivity contribution in [3.8, 4) is 0 Å². The van der Waals surface area contributed by atoms with Gasteiger partial charge in [0.2, 0.25) is 0 Å². The molecular formula is C13H17N5O2. The third-order valence-electron chi connectivity index (χ3n) is 3.68. The van der Waals surface area contributed by atoms with Crippen molar-refractivity contribution in [3.05, 3.63) is 17.8 Å². The first-order valence-corrected chi connectivity index (χ1v) is 6.75. The number of hydrogen-bond acceptors (Lipinski definition) is 5. The number of rotatable bonds is 2. The van der Waals surface area contributed by atoms with Crippen LogP contribution in [-0.2, 0) is 11.8 Å². The molecule has 106 valence electrons. The summed E-state index contributed by atoms with van der Waals surface area (Å²) in [6, 6.07) is 1.83. The van der Waals surface area contributed by atoms with E-state index in [0.29, 0.717) is 36.5 Å². The van der Waals surface area contributed by atoms with Gasteiger partial charge in [0, 0.05) is 19.8 Å². The molecule has 1 atom stereocenters. The summed E-state index contributed by atoms with van der Waals surface area (Å²) in [6.45, 7) is 3.85. The van der Waals surface area contributed by atoms with Crippen LogP contribution in [0.4, 0.5) is 0 Å². The van der Waals surface area contributed by atoms with Crippen LogP contribution >= 0.6 is 0 Å². The Bertz CT molecular complexity index is 639. The fourth-order valence-corrected chi connectivity index (χ4v) is 2.52. The van der Waals surface area contributed by atoms with E-state index in [2.05, 4.69) is 22.2 Å². The molecule has 1 unspecified atom stereocenters. The standard InChI is InChI=1S/C13H17N5O2/c1-3-9-8-20-7-6-18(9)13(19)10-4-5-14-12-11(10)15-16-17(12)2/h4-5,9H,3,6-8H2,1-2H3. The zero-order valence-electron chi connectivity index (χ0n) is 11.6. The maximum atomic E-state index is 12.8. The molecule has 2 aromatic heterocycles. The predicted molar refractivity (Wildman–Crippen MR) is 72.2 cm³/mol. The average molecular weight is 275 g/mol. The minimum absolute atomic E-state index is 0.0203. The number of carbonyl (C=O) groups is 1. The summed E-state index contributed by atoms with van der Waals surface area (Å²) in [5, 5.41) is 7.99. The van der Waals surface area contributed by atoms with Gasteiger partial charge in [-0.05, 0) is 12.5 Å². The van der Waals surface area contributed by atoms with Gasteiger partial charge in [0.15, 0.2) is 5.65 Å². The molecule has 0 N–H and O–H groups in total. The molecule has 7 heteroatoms. The number of pyridine rings is 1. The van der Waals surface area contributed by atoms with E-state index in [1.165, 1.54) is 0 Å². The Kier molecular flexibility index (Phi) is 3.35. The fraction of sp³-hybridized carbons (Fsp3) is 0.538. The molecule has 2 aromatic rings. The second-order valence-corrected chi connectivity index (χ2v) is 4.88. The van der Waals surface area contributed by atoms with Crippen molar-refractivity contribution in [1.29, 1.82) is 0 Å². The lowest BCUT2D eigenvalue weighted by Crippen LogP contribution is -2.48. The van der Waals surface area contributed by atoms with E-state index >= 15 is 0 Å². The van der Waals surface area contributed by atoms with Crippen molar-refractivity contribution in [2.45, 2.75) is 19.4 Å². The van der Waals surface area contributed by atoms with E-state index in [9.17, 15) is 4.79 Å². The highest BCUT2D eigenvalue weighted by Crippen LogP contribution is 2.19. The zero-order chi connectivity index (χ0) is 14.1. The summed E-state index contributed by atoms with van der Waals surface area (Å²) in [5.74, 6) is -0.0203. The summed E-state index contributed by atoms with van der Waals surface area (Å²) in [4.78, 5) is 18.8. The highest BCUT2D eigenvalue weighted by atomic mass is 16.5. The van der Waals surface area contributed by atoms with Crippen molar-refractivity contribution >= 4 is 17.1 Å². The molecule has 1 fully saturated rings. The third kappa shape index (κ3) is 2.03. The van der Waals surface area contributed by atoms with E-state index in [1.54, 1.807) is 24.0 Å². The van der Waals surface area contributed by atoms with Crippen LogP contribution in [-0.4, -0.2) is 56.6 Å². The monoisotopic (exact) mass is 275 g/mol. The SMILES string of the molecule is CCC1COCCN1C(=O)c1ccnc2c1nnn2C. The predicted octanol–water partition coefficient (Wildman–Crippen LogP) is 0.614. The van der Waals surface area contributed by atoms with E-state index in [0.717, 1.165) is 6.42 Å². The summed E-state index contributed by atoms with van der Waals surface area (Å²) >= 11 is 0. The van der Waals surface area contributed by atoms with Gasteiger partial charge in [0.25, 0.3) is 5.91 Å². The Morgan fingerprint density at radius 2 is 2.40 bits per heavy atom. The van der Waals surface area contributed by atoms with Crippen LogP contribution < -0.4 is 0 Å². The molecule has 1 saturated heterocycles. The summed E-state index contributed by atoms with van der Waals surface area (Å²) < 4.78 is 7.01. The normalized spacial score (nSPS) is 19.5. The van der Waals surface area contributed by atoms with Crippen LogP contribution in [0.3, 0.4) is 0 Å². The van der Waals surface area contributed by atoms with Crippen molar-refractivity contribution in [3.63, 3.8) is 0 Å². The third-order valence-corrected chi connectivity index (χ3v) is 3.68. The topological polar surface area (TPSA) is 73.1 Å². The van der Waals surface area contributed by atoms with Gasteiger partial charge in [-0.3, -0.25) is 4.79 Å². The molecule has 0 aliphatic carbocycles. The smallest absolute Gasteiger partial charge is 0.256 e. The van der Waals surface area contributed by atoms with Crippen LogP contribution in [0.25, 0.3) is 11.2 Å². The van der Waals surface area contributed by atoms with Crippen LogP contribution in [0.15, 0.2) is 12.3 Å². The van der Waals surface area contributed by atoms with Crippen LogP contribution in [0.5, 0.6) is 0 Å². The Balaban J connectivity index is 1.99. The number of fused-ring (bicyclic) bond motifs is 1. The average Bonchev–Trinajstić information content (AvgIpc) is 2.88. The minimum Gasteiger partial charge on any atom is -0.377 e. The summed E-state index contributed by atoms with van der Waals surface area (Å²) in [7, 11) is 1.76. The van der Waals surface area contributed by atoms with Gasteiger partial charge in [0.1, 0.15) is 5.52 Å². The van der Waals surface area contributed by atoms with E-state index in [4.69, 9.17) is 4.74 Å². The van der Waals surface area contributed by atoms with E-state index < -0.39 is 0 Å². The molecule has 1 aliphatic rings. The molecule has 3 heterocycles. The number of ether oxygens (including phenoxy) is 1. The van der Waals surface area contributed by atoms with E-state index in [-0.39, 0.29) is 11.9 Å².